The standard InChI is InChI=1S/C16H13Cl2NO4/c1-22-16(21)11-4-2-3-5-13(11)19-15(20)9-23-14-7-6-10(17)8-12(14)18/h2-8H,9H2,1H3,(H,19,20). The molecule has 0 unspecified atom stereocenters. The van der Waals surface area contributed by atoms with Gasteiger partial charge in [-0.1, -0.05) is 35.3 Å². The van der Waals surface area contributed by atoms with Crippen molar-refractivity contribution in [2.24, 2.45) is 0 Å². The average molecular weight is 354 g/mol. The lowest BCUT2D eigenvalue weighted by Gasteiger charge is -2.11. The number of amides is 1. The lowest BCUT2D eigenvalue weighted by atomic mass is 10.2. The highest BCUT2D eigenvalue weighted by Crippen LogP contribution is 2.27. The summed E-state index contributed by atoms with van der Waals surface area (Å²) in [6, 6.07) is 11.2. The molecular formula is C16H13Cl2NO4. The Morgan fingerprint density at radius 3 is 2.57 bits per heavy atom. The molecule has 2 aromatic carbocycles. The summed E-state index contributed by atoms with van der Waals surface area (Å²) in [5.41, 5.74) is 0.600. The van der Waals surface area contributed by atoms with Crippen LogP contribution in [0.25, 0.3) is 0 Å². The SMILES string of the molecule is COC(=O)c1ccccc1NC(=O)COc1ccc(Cl)cc1Cl. The quantitative estimate of drug-likeness (QED) is 0.830. The van der Waals surface area contributed by atoms with Crippen molar-refractivity contribution in [1.29, 1.82) is 0 Å². The molecule has 0 saturated heterocycles. The maximum absolute atomic E-state index is 12.0. The third kappa shape index (κ3) is 4.61. The maximum atomic E-state index is 12.0. The number of halogens is 2. The van der Waals surface area contributed by atoms with E-state index in [1.165, 1.54) is 13.2 Å². The molecule has 0 radical (unpaired) electrons. The molecule has 0 spiro atoms. The van der Waals surface area contributed by atoms with Gasteiger partial charge in [-0.05, 0) is 30.3 Å². The van der Waals surface area contributed by atoms with Crippen molar-refractivity contribution in [3.8, 4) is 5.75 Å². The van der Waals surface area contributed by atoms with Crippen LogP contribution in [0.15, 0.2) is 42.5 Å². The maximum Gasteiger partial charge on any atom is 0.339 e. The smallest absolute Gasteiger partial charge is 0.339 e. The molecule has 1 amide bonds. The molecule has 0 aliphatic rings. The van der Waals surface area contributed by atoms with E-state index in [-0.39, 0.29) is 12.2 Å². The van der Waals surface area contributed by atoms with Crippen LogP contribution in [0.5, 0.6) is 5.75 Å². The number of rotatable bonds is 5. The summed E-state index contributed by atoms with van der Waals surface area (Å²) >= 11 is 11.7. The molecule has 5 nitrogen and oxygen atoms in total. The van der Waals surface area contributed by atoms with E-state index in [0.717, 1.165) is 0 Å². The van der Waals surface area contributed by atoms with Gasteiger partial charge in [-0.2, -0.15) is 0 Å². The van der Waals surface area contributed by atoms with Crippen LogP contribution >= 0.6 is 23.2 Å². The van der Waals surface area contributed by atoms with Crippen LogP contribution in [0.3, 0.4) is 0 Å². The number of methoxy groups -OCH3 is 1. The minimum Gasteiger partial charge on any atom is -0.482 e. The van der Waals surface area contributed by atoms with Crippen LogP contribution in [0, 0.1) is 0 Å². The number of hydrogen-bond donors (Lipinski definition) is 1. The molecule has 0 aliphatic carbocycles. The third-order valence-electron chi connectivity index (χ3n) is 2.86. The van der Waals surface area contributed by atoms with Crippen LogP contribution in [0.1, 0.15) is 10.4 Å². The van der Waals surface area contributed by atoms with Crippen molar-refractivity contribution in [3.05, 3.63) is 58.1 Å². The van der Waals surface area contributed by atoms with Crippen LogP contribution in [0.2, 0.25) is 10.0 Å². The molecule has 1 N–H and O–H groups in total. The summed E-state index contributed by atoms with van der Waals surface area (Å²) in [7, 11) is 1.27. The highest BCUT2D eigenvalue weighted by molar-refractivity contribution is 6.35. The number of benzene rings is 2. The Kier molecular flexibility index (Phi) is 5.84. The molecule has 0 bridgehead atoms. The summed E-state index contributed by atoms with van der Waals surface area (Å²) in [5.74, 6) is -0.637. The molecule has 0 aliphatic heterocycles. The lowest BCUT2D eigenvalue weighted by molar-refractivity contribution is -0.118. The van der Waals surface area contributed by atoms with Crippen molar-refractivity contribution >= 4 is 40.8 Å². The predicted octanol–water partition coefficient (Wildman–Crippen LogP) is 3.80. The van der Waals surface area contributed by atoms with Crippen molar-refractivity contribution in [2.75, 3.05) is 19.0 Å². The highest BCUT2D eigenvalue weighted by atomic mass is 35.5. The molecular weight excluding hydrogens is 341 g/mol. The minimum atomic E-state index is -0.539. The van der Waals surface area contributed by atoms with Gasteiger partial charge in [-0.25, -0.2) is 4.79 Å². The molecule has 0 atom stereocenters. The summed E-state index contributed by atoms with van der Waals surface area (Å²) in [4.78, 5) is 23.6. The average Bonchev–Trinajstić information content (AvgIpc) is 2.54. The molecule has 2 rings (SSSR count). The normalized spacial score (nSPS) is 10.0. The Morgan fingerprint density at radius 1 is 1.13 bits per heavy atom. The first-order valence-corrected chi connectivity index (χ1v) is 7.32. The van der Waals surface area contributed by atoms with E-state index in [0.29, 0.717) is 21.5 Å². The molecule has 2 aromatic rings. The van der Waals surface area contributed by atoms with Crippen molar-refractivity contribution < 1.29 is 19.1 Å². The van der Waals surface area contributed by atoms with Gasteiger partial charge in [0.15, 0.2) is 6.61 Å². The fraction of sp³-hybridized carbons (Fsp3) is 0.125. The fourth-order valence-electron chi connectivity index (χ4n) is 1.80. The third-order valence-corrected chi connectivity index (χ3v) is 3.39. The molecule has 0 heterocycles. The van der Waals surface area contributed by atoms with Gasteiger partial charge in [0.2, 0.25) is 0 Å². The van der Waals surface area contributed by atoms with E-state index in [1.54, 1.807) is 36.4 Å². The van der Waals surface area contributed by atoms with Crippen LogP contribution in [-0.2, 0) is 9.53 Å². The van der Waals surface area contributed by atoms with Crippen LogP contribution in [0.4, 0.5) is 5.69 Å². The summed E-state index contributed by atoms with van der Waals surface area (Å²) in [5, 5.41) is 3.37. The Bertz CT molecular complexity index is 734. The van der Waals surface area contributed by atoms with Gasteiger partial charge in [-0.15, -0.1) is 0 Å². The lowest BCUT2D eigenvalue weighted by Crippen LogP contribution is -2.21. The van der Waals surface area contributed by atoms with Gasteiger partial charge in [0, 0.05) is 5.02 Å². The summed E-state index contributed by atoms with van der Waals surface area (Å²) < 4.78 is 10.00. The second-order valence-corrected chi connectivity index (χ2v) is 5.29. The van der Waals surface area contributed by atoms with E-state index >= 15 is 0 Å². The van der Waals surface area contributed by atoms with E-state index in [4.69, 9.17) is 27.9 Å². The largest absolute Gasteiger partial charge is 0.482 e. The monoisotopic (exact) mass is 353 g/mol. The molecule has 0 saturated carbocycles. The number of hydrogen-bond acceptors (Lipinski definition) is 4. The number of esters is 1. The van der Waals surface area contributed by atoms with Gasteiger partial charge < -0.3 is 14.8 Å². The molecule has 7 heteroatoms. The van der Waals surface area contributed by atoms with Crippen LogP contribution < -0.4 is 10.1 Å². The molecule has 0 fully saturated rings. The number of carbonyl (C=O) groups excluding carboxylic acids is 2. The van der Waals surface area contributed by atoms with E-state index < -0.39 is 11.9 Å². The molecule has 0 aromatic heterocycles. The van der Waals surface area contributed by atoms with E-state index in [2.05, 4.69) is 10.1 Å². The number of nitrogens with one attached hydrogen (secondary N) is 1. The van der Waals surface area contributed by atoms with Gasteiger partial charge in [0.05, 0.1) is 23.4 Å². The Hall–Kier alpha value is -2.24. The second kappa shape index (κ2) is 7.85. The van der Waals surface area contributed by atoms with Gasteiger partial charge >= 0.3 is 5.97 Å². The minimum absolute atomic E-state index is 0.257. The zero-order valence-electron chi connectivity index (χ0n) is 12.1. The topological polar surface area (TPSA) is 64.6 Å². The van der Waals surface area contributed by atoms with Gasteiger partial charge in [0.1, 0.15) is 5.75 Å². The van der Waals surface area contributed by atoms with Gasteiger partial charge in [0.25, 0.3) is 5.91 Å². The summed E-state index contributed by atoms with van der Waals surface area (Å²) in [6.45, 7) is -0.267. The van der Waals surface area contributed by atoms with E-state index in [1.807, 2.05) is 0 Å². The zero-order chi connectivity index (χ0) is 16.8. The second-order valence-electron chi connectivity index (χ2n) is 4.45. The van der Waals surface area contributed by atoms with E-state index in [9.17, 15) is 9.59 Å². The Labute approximate surface area is 143 Å². The molecule has 23 heavy (non-hydrogen) atoms. The number of para-hydroxylation sites is 1. The first kappa shape index (κ1) is 17.1. The fourth-order valence-corrected chi connectivity index (χ4v) is 2.26. The zero-order valence-corrected chi connectivity index (χ0v) is 13.6. The Morgan fingerprint density at radius 2 is 1.87 bits per heavy atom. The first-order valence-electron chi connectivity index (χ1n) is 6.56. The highest BCUT2D eigenvalue weighted by Gasteiger charge is 2.14. The number of ether oxygens (including phenoxy) is 2. The van der Waals surface area contributed by atoms with Gasteiger partial charge in [-0.3, -0.25) is 4.79 Å². The number of anilines is 1. The van der Waals surface area contributed by atoms with Crippen molar-refractivity contribution in [2.45, 2.75) is 0 Å². The summed E-state index contributed by atoms with van der Waals surface area (Å²) in [6.07, 6.45) is 0. The molecule has 120 valence electrons. The van der Waals surface area contributed by atoms with Crippen molar-refractivity contribution in [3.63, 3.8) is 0 Å². The predicted molar refractivity (Wildman–Crippen MR) is 88.4 cm³/mol. The van der Waals surface area contributed by atoms with Crippen molar-refractivity contribution in [1.82, 2.24) is 0 Å². The van der Waals surface area contributed by atoms with Crippen LogP contribution in [-0.4, -0.2) is 25.6 Å². The Balaban J connectivity index is 2.01. The first-order chi connectivity index (χ1) is 11.0. The number of carbonyl (C=O) groups is 2.